The van der Waals surface area contributed by atoms with Crippen LogP contribution in [0.25, 0.3) is 11.1 Å². The molecule has 0 saturated carbocycles. The van der Waals surface area contributed by atoms with Crippen LogP contribution in [-0.4, -0.2) is 19.1 Å². The summed E-state index contributed by atoms with van der Waals surface area (Å²) in [6.07, 6.45) is -0.0168. The molecular formula is C17H16N2O2. The zero-order valence-electron chi connectivity index (χ0n) is 12.0. The number of aromatic nitrogens is 1. The van der Waals surface area contributed by atoms with E-state index >= 15 is 0 Å². The van der Waals surface area contributed by atoms with Crippen LogP contribution < -0.4 is 4.90 Å². The van der Waals surface area contributed by atoms with Crippen LogP contribution in [0.1, 0.15) is 23.7 Å². The number of hydrogen-bond acceptors (Lipinski definition) is 4. The number of para-hydroxylation sites is 2. The lowest BCUT2D eigenvalue weighted by molar-refractivity contribution is 0.348. The zero-order valence-corrected chi connectivity index (χ0v) is 12.0. The van der Waals surface area contributed by atoms with E-state index in [1.54, 1.807) is 0 Å². The Labute approximate surface area is 123 Å². The average Bonchev–Trinajstić information content (AvgIpc) is 3.19. The minimum absolute atomic E-state index is 0.0503. The van der Waals surface area contributed by atoms with E-state index in [4.69, 9.17) is 9.15 Å². The molecule has 1 fully saturated rings. The number of nitrogens with zero attached hydrogens (tertiary/aromatic N) is 2. The number of benzene rings is 2. The molecule has 2 heterocycles. The number of anilines is 1. The Hall–Kier alpha value is -2.33. The Kier molecular flexibility index (Phi) is 2.72. The van der Waals surface area contributed by atoms with Gasteiger partial charge in [0.05, 0.1) is 0 Å². The summed E-state index contributed by atoms with van der Waals surface area (Å²) >= 11 is 0. The smallest absolute Gasteiger partial charge is 0.227 e. The summed E-state index contributed by atoms with van der Waals surface area (Å²) in [5.74, 6) is 0.665. The summed E-state index contributed by atoms with van der Waals surface area (Å²) in [7, 11) is 4.06. The van der Waals surface area contributed by atoms with Crippen molar-refractivity contribution in [1.29, 1.82) is 0 Å². The number of epoxide rings is 1. The lowest BCUT2D eigenvalue weighted by Crippen LogP contribution is -2.08. The maximum Gasteiger partial charge on any atom is 0.227 e. The quantitative estimate of drug-likeness (QED) is 0.686. The fourth-order valence-electron chi connectivity index (χ4n) is 2.53. The van der Waals surface area contributed by atoms with E-state index in [-0.39, 0.29) is 12.2 Å². The van der Waals surface area contributed by atoms with E-state index < -0.39 is 0 Å². The Balaban J connectivity index is 1.57. The first-order valence-corrected chi connectivity index (χ1v) is 7.00. The normalized spacial score (nSPS) is 20.7. The lowest BCUT2D eigenvalue weighted by atomic mass is 10.1. The van der Waals surface area contributed by atoms with Crippen LogP contribution in [0.3, 0.4) is 0 Å². The van der Waals surface area contributed by atoms with Gasteiger partial charge in [-0.25, -0.2) is 4.98 Å². The van der Waals surface area contributed by atoms with Crippen molar-refractivity contribution in [3.63, 3.8) is 0 Å². The number of oxazole rings is 1. The second-order valence-electron chi connectivity index (χ2n) is 5.48. The van der Waals surface area contributed by atoms with Crippen LogP contribution >= 0.6 is 0 Å². The average molecular weight is 280 g/mol. The molecule has 3 aromatic rings. The molecule has 2 atom stereocenters. The Morgan fingerprint density at radius 2 is 1.71 bits per heavy atom. The number of ether oxygens (including phenoxy) is 1. The van der Waals surface area contributed by atoms with E-state index in [0.29, 0.717) is 5.89 Å². The van der Waals surface area contributed by atoms with E-state index in [1.807, 2.05) is 38.4 Å². The highest BCUT2D eigenvalue weighted by molar-refractivity contribution is 5.72. The van der Waals surface area contributed by atoms with Gasteiger partial charge in [-0.15, -0.1) is 0 Å². The van der Waals surface area contributed by atoms with Crippen LogP contribution in [0.15, 0.2) is 52.9 Å². The van der Waals surface area contributed by atoms with Gasteiger partial charge in [-0.1, -0.05) is 24.3 Å². The summed E-state index contributed by atoms with van der Waals surface area (Å²) in [5.41, 5.74) is 4.03. The van der Waals surface area contributed by atoms with Crippen LogP contribution in [0.5, 0.6) is 0 Å². The van der Waals surface area contributed by atoms with Gasteiger partial charge >= 0.3 is 0 Å². The molecule has 21 heavy (non-hydrogen) atoms. The second-order valence-corrected chi connectivity index (χ2v) is 5.48. The van der Waals surface area contributed by atoms with E-state index in [1.165, 1.54) is 5.69 Å². The monoisotopic (exact) mass is 280 g/mol. The van der Waals surface area contributed by atoms with Crippen molar-refractivity contribution < 1.29 is 9.15 Å². The predicted molar refractivity (Wildman–Crippen MR) is 81.3 cm³/mol. The number of rotatable bonds is 3. The van der Waals surface area contributed by atoms with Gasteiger partial charge in [0.25, 0.3) is 0 Å². The highest BCUT2D eigenvalue weighted by Crippen LogP contribution is 2.51. The molecule has 2 unspecified atom stereocenters. The molecule has 0 amide bonds. The maximum atomic E-state index is 5.76. The second kappa shape index (κ2) is 4.60. The number of hydrogen-bond donors (Lipinski definition) is 0. The van der Waals surface area contributed by atoms with Crippen LogP contribution in [0.2, 0.25) is 0 Å². The third-order valence-corrected chi connectivity index (χ3v) is 3.78. The van der Waals surface area contributed by atoms with Crippen molar-refractivity contribution >= 4 is 16.8 Å². The molecule has 0 aliphatic carbocycles. The van der Waals surface area contributed by atoms with Crippen molar-refractivity contribution in [3.05, 3.63) is 60.0 Å². The van der Waals surface area contributed by atoms with E-state index in [9.17, 15) is 0 Å². The SMILES string of the molecule is CN(C)c1ccc(C2OC2c2nc3ccccc3o2)cc1. The first kappa shape index (κ1) is 12.4. The molecule has 4 heteroatoms. The van der Waals surface area contributed by atoms with E-state index in [2.05, 4.69) is 34.1 Å². The summed E-state index contributed by atoms with van der Waals surface area (Å²) in [5, 5.41) is 0. The molecule has 1 saturated heterocycles. The Morgan fingerprint density at radius 1 is 0.952 bits per heavy atom. The minimum atomic E-state index is -0.0670. The van der Waals surface area contributed by atoms with Gasteiger partial charge < -0.3 is 14.1 Å². The molecule has 0 spiro atoms. The summed E-state index contributed by atoms with van der Waals surface area (Å²) in [6, 6.07) is 16.2. The summed E-state index contributed by atoms with van der Waals surface area (Å²) < 4.78 is 11.5. The van der Waals surface area contributed by atoms with Gasteiger partial charge in [0.1, 0.15) is 11.6 Å². The maximum absolute atomic E-state index is 5.76. The van der Waals surface area contributed by atoms with Gasteiger partial charge in [0, 0.05) is 19.8 Å². The van der Waals surface area contributed by atoms with Crippen LogP contribution in [0, 0.1) is 0 Å². The standard InChI is InChI=1S/C17H16N2O2/c1-19(2)12-9-7-11(8-10-12)15-16(21-15)17-18-13-5-3-4-6-14(13)20-17/h3-10,15-16H,1-2H3. The van der Waals surface area contributed by atoms with Gasteiger partial charge in [-0.3, -0.25) is 0 Å². The van der Waals surface area contributed by atoms with Gasteiger partial charge in [0.15, 0.2) is 11.7 Å². The lowest BCUT2D eigenvalue weighted by Gasteiger charge is -2.12. The minimum Gasteiger partial charge on any atom is -0.438 e. The topological polar surface area (TPSA) is 41.8 Å². The van der Waals surface area contributed by atoms with Crippen molar-refractivity contribution in [2.24, 2.45) is 0 Å². The van der Waals surface area contributed by atoms with Gasteiger partial charge in [-0.2, -0.15) is 0 Å². The molecule has 106 valence electrons. The third kappa shape index (κ3) is 2.17. The largest absolute Gasteiger partial charge is 0.438 e. The van der Waals surface area contributed by atoms with E-state index in [0.717, 1.165) is 16.7 Å². The van der Waals surface area contributed by atoms with Crippen LogP contribution in [0.4, 0.5) is 5.69 Å². The molecule has 4 rings (SSSR count). The first-order chi connectivity index (χ1) is 10.2. The predicted octanol–water partition coefficient (Wildman–Crippen LogP) is 3.71. The van der Waals surface area contributed by atoms with Crippen LogP contribution in [-0.2, 0) is 4.74 Å². The fourth-order valence-corrected chi connectivity index (χ4v) is 2.53. The molecule has 0 bridgehead atoms. The Morgan fingerprint density at radius 3 is 2.43 bits per heavy atom. The van der Waals surface area contributed by atoms with Gasteiger partial charge in [0.2, 0.25) is 5.89 Å². The highest BCUT2D eigenvalue weighted by Gasteiger charge is 2.45. The Bertz CT molecular complexity index is 744. The van der Waals surface area contributed by atoms with Crippen molar-refractivity contribution in [2.75, 3.05) is 19.0 Å². The molecule has 0 radical (unpaired) electrons. The van der Waals surface area contributed by atoms with Crippen molar-refractivity contribution in [1.82, 2.24) is 4.98 Å². The van der Waals surface area contributed by atoms with Crippen molar-refractivity contribution in [2.45, 2.75) is 12.2 Å². The number of fused-ring (bicyclic) bond motifs is 1. The fraction of sp³-hybridized carbons (Fsp3) is 0.235. The van der Waals surface area contributed by atoms with Gasteiger partial charge in [-0.05, 0) is 29.8 Å². The molecule has 1 aliphatic rings. The molecule has 2 aromatic carbocycles. The molecule has 1 aliphatic heterocycles. The highest BCUT2D eigenvalue weighted by atomic mass is 16.6. The summed E-state index contributed by atoms with van der Waals surface area (Å²) in [6.45, 7) is 0. The summed E-state index contributed by atoms with van der Waals surface area (Å²) in [4.78, 5) is 6.58. The third-order valence-electron chi connectivity index (χ3n) is 3.78. The zero-order chi connectivity index (χ0) is 14.4. The molecule has 1 aromatic heterocycles. The first-order valence-electron chi connectivity index (χ1n) is 7.00. The van der Waals surface area contributed by atoms with Crippen molar-refractivity contribution in [3.8, 4) is 0 Å². The molecular weight excluding hydrogens is 264 g/mol. The molecule has 4 nitrogen and oxygen atoms in total. The molecule has 0 N–H and O–H groups in total.